The lowest BCUT2D eigenvalue weighted by Crippen LogP contribution is -2.53. The Hall–Kier alpha value is -0.600. The Kier molecular flexibility index (Phi) is 1.81. The summed E-state index contributed by atoms with van der Waals surface area (Å²) in [6.45, 7) is 0.823. The highest BCUT2D eigenvalue weighted by atomic mass is 35.5. The highest BCUT2D eigenvalue weighted by Crippen LogP contribution is 2.30. The first-order valence-electron chi connectivity index (χ1n) is 3.86. The second-order valence-corrected chi connectivity index (χ2v) is 3.51. The molecule has 1 aliphatic rings. The van der Waals surface area contributed by atoms with E-state index >= 15 is 0 Å². The molecule has 0 amide bonds. The van der Waals surface area contributed by atoms with Crippen molar-refractivity contribution >= 4 is 11.6 Å². The summed E-state index contributed by atoms with van der Waals surface area (Å²) in [7, 11) is 0. The van der Waals surface area contributed by atoms with Crippen LogP contribution in [0.5, 0.6) is 0 Å². The SMILES string of the molecule is FC1(c2ccc(Cl)cc2)CNC1. The summed E-state index contributed by atoms with van der Waals surface area (Å²) in [6.07, 6.45) is 0. The van der Waals surface area contributed by atoms with Gasteiger partial charge < -0.3 is 5.32 Å². The van der Waals surface area contributed by atoms with Crippen molar-refractivity contribution < 1.29 is 4.39 Å². The van der Waals surface area contributed by atoms with Gasteiger partial charge in [0.25, 0.3) is 0 Å². The predicted molar refractivity (Wildman–Crippen MR) is 47.1 cm³/mol. The van der Waals surface area contributed by atoms with Gasteiger partial charge in [-0.05, 0) is 17.7 Å². The minimum atomic E-state index is -1.16. The molecular weight excluding hydrogens is 177 g/mol. The first kappa shape index (κ1) is 8.02. The second kappa shape index (κ2) is 2.71. The van der Waals surface area contributed by atoms with Crippen molar-refractivity contribution in [3.8, 4) is 0 Å². The van der Waals surface area contributed by atoms with E-state index in [0.717, 1.165) is 0 Å². The molecule has 1 aromatic rings. The van der Waals surface area contributed by atoms with Crippen molar-refractivity contribution in [2.24, 2.45) is 0 Å². The third kappa shape index (κ3) is 1.21. The molecule has 12 heavy (non-hydrogen) atoms. The summed E-state index contributed by atoms with van der Waals surface area (Å²) in [5.41, 5.74) is -0.449. The lowest BCUT2D eigenvalue weighted by Gasteiger charge is -2.35. The van der Waals surface area contributed by atoms with Gasteiger partial charge in [0.2, 0.25) is 0 Å². The number of hydrogen-bond acceptors (Lipinski definition) is 1. The van der Waals surface area contributed by atoms with Gasteiger partial charge in [-0.1, -0.05) is 23.7 Å². The fraction of sp³-hybridized carbons (Fsp3) is 0.333. The number of halogens is 2. The number of benzene rings is 1. The first-order chi connectivity index (χ1) is 5.71. The minimum Gasteiger partial charge on any atom is -0.310 e. The quantitative estimate of drug-likeness (QED) is 0.707. The zero-order chi connectivity index (χ0) is 8.60. The maximum atomic E-state index is 13.7. The Labute approximate surface area is 75.5 Å². The molecule has 2 rings (SSSR count). The van der Waals surface area contributed by atoms with Gasteiger partial charge in [0, 0.05) is 18.1 Å². The first-order valence-corrected chi connectivity index (χ1v) is 4.24. The molecule has 1 nitrogen and oxygen atoms in total. The van der Waals surface area contributed by atoms with E-state index in [9.17, 15) is 4.39 Å². The van der Waals surface area contributed by atoms with Crippen LogP contribution in [-0.4, -0.2) is 13.1 Å². The summed E-state index contributed by atoms with van der Waals surface area (Å²) in [4.78, 5) is 0. The van der Waals surface area contributed by atoms with Gasteiger partial charge in [0.1, 0.15) is 0 Å². The molecule has 1 aromatic carbocycles. The van der Waals surface area contributed by atoms with E-state index in [2.05, 4.69) is 5.32 Å². The van der Waals surface area contributed by atoms with Gasteiger partial charge >= 0.3 is 0 Å². The average molecular weight is 186 g/mol. The van der Waals surface area contributed by atoms with Gasteiger partial charge in [-0.25, -0.2) is 4.39 Å². The summed E-state index contributed by atoms with van der Waals surface area (Å²) < 4.78 is 13.7. The number of alkyl halides is 1. The van der Waals surface area contributed by atoms with Gasteiger partial charge in [-0.3, -0.25) is 0 Å². The largest absolute Gasteiger partial charge is 0.310 e. The van der Waals surface area contributed by atoms with Crippen LogP contribution in [-0.2, 0) is 5.67 Å². The lowest BCUT2D eigenvalue weighted by molar-refractivity contribution is 0.0892. The number of nitrogens with one attached hydrogen (secondary N) is 1. The Morgan fingerprint density at radius 3 is 2.25 bits per heavy atom. The molecule has 0 aromatic heterocycles. The molecule has 0 unspecified atom stereocenters. The van der Waals surface area contributed by atoms with Crippen molar-refractivity contribution in [1.82, 2.24) is 5.32 Å². The highest BCUT2D eigenvalue weighted by Gasteiger charge is 2.38. The van der Waals surface area contributed by atoms with Crippen LogP contribution in [0.4, 0.5) is 4.39 Å². The number of rotatable bonds is 1. The van der Waals surface area contributed by atoms with Crippen LogP contribution in [0, 0.1) is 0 Å². The van der Waals surface area contributed by atoms with Crippen LogP contribution in [0.2, 0.25) is 5.02 Å². The average Bonchev–Trinajstić information content (AvgIpc) is 2.02. The van der Waals surface area contributed by atoms with Crippen LogP contribution >= 0.6 is 11.6 Å². The molecule has 0 spiro atoms. The molecule has 1 saturated heterocycles. The van der Waals surface area contributed by atoms with E-state index in [1.54, 1.807) is 24.3 Å². The fourth-order valence-electron chi connectivity index (χ4n) is 1.30. The zero-order valence-corrected chi connectivity index (χ0v) is 7.24. The monoisotopic (exact) mass is 185 g/mol. The van der Waals surface area contributed by atoms with Crippen molar-refractivity contribution in [3.63, 3.8) is 0 Å². The third-order valence-electron chi connectivity index (χ3n) is 2.17. The Morgan fingerprint density at radius 2 is 1.83 bits per heavy atom. The Balaban J connectivity index is 2.28. The van der Waals surface area contributed by atoms with Crippen LogP contribution in [0.1, 0.15) is 5.56 Å². The van der Waals surface area contributed by atoms with E-state index in [-0.39, 0.29) is 0 Å². The van der Waals surface area contributed by atoms with E-state index in [4.69, 9.17) is 11.6 Å². The second-order valence-electron chi connectivity index (χ2n) is 3.08. The molecule has 1 fully saturated rings. The van der Waals surface area contributed by atoms with Crippen molar-refractivity contribution in [3.05, 3.63) is 34.9 Å². The van der Waals surface area contributed by atoms with E-state index < -0.39 is 5.67 Å². The van der Waals surface area contributed by atoms with Gasteiger partial charge in [0.05, 0.1) is 0 Å². The maximum Gasteiger partial charge on any atom is 0.160 e. The predicted octanol–water partition coefficient (Wildman–Crippen LogP) is 2.11. The number of hydrogen-bond donors (Lipinski definition) is 1. The van der Waals surface area contributed by atoms with Crippen LogP contribution in [0.15, 0.2) is 24.3 Å². The highest BCUT2D eigenvalue weighted by molar-refractivity contribution is 6.30. The fourth-order valence-corrected chi connectivity index (χ4v) is 1.42. The van der Waals surface area contributed by atoms with Crippen LogP contribution in [0.25, 0.3) is 0 Å². The molecule has 1 aliphatic heterocycles. The molecule has 64 valence electrons. The summed E-state index contributed by atoms with van der Waals surface area (Å²) in [5, 5.41) is 3.55. The summed E-state index contributed by atoms with van der Waals surface area (Å²) in [5.74, 6) is 0. The van der Waals surface area contributed by atoms with Gasteiger partial charge in [-0.2, -0.15) is 0 Å². The van der Waals surface area contributed by atoms with Crippen LogP contribution in [0.3, 0.4) is 0 Å². The van der Waals surface area contributed by atoms with Crippen LogP contribution < -0.4 is 5.32 Å². The van der Waals surface area contributed by atoms with E-state index in [0.29, 0.717) is 23.7 Å². The summed E-state index contributed by atoms with van der Waals surface area (Å²) >= 11 is 5.68. The zero-order valence-electron chi connectivity index (χ0n) is 6.48. The standard InChI is InChI=1S/C9H9ClFN/c10-8-3-1-7(2-4-8)9(11)5-12-6-9/h1-4,12H,5-6H2. The van der Waals surface area contributed by atoms with Gasteiger partial charge in [0.15, 0.2) is 5.67 Å². The maximum absolute atomic E-state index is 13.7. The summed E-state index contributed by atoms with van der Waals surface area (Å²) in [6, 6.07) is 6.92. The van der Waals surface area contributed by atoms with E-state index in [1.807, 2.05) is 0 Å². The van der Waals surface area contributed by atoms with E-state index in [1.165, 1.54) is 0 Å². The molecule has 0 bridgehead atoms. The smallest absolute Gasteiger partial charge is 0.160 e. The molecule has 3 heteroatoms. The molecule has 0 radical (unpaired) electrons. The van der Waals surface area contributed by atoms with Crippen molar-refractivity contribution in [2.45, 2.75) is 5.67 Å². The minimum absolute atomic E-state index is 0.411. The molecule has 0 saturated carbocycles. The molecule has 0 aliphatic carbocycles. The Morgan fingerprint density at radius 1 is 1.25 bits per heavy atom. The van der Waals surface area contributed by atoms with Crippen molar-refractivity contribution in [2.75, 3.05) is 13.1 Å². The topological polar surface area (TPSA) is 12.0 Å². The molecule has 1 heterocycles. The molecule has 0 atom stereocenters. The molecule has 1 N–H and O–H groups in total. The Bertz CT molecular complexity index is 279. The van der Waals surface area contributed by atoms with Crippen molar-refractivity contribution in [1.29, 1.82) is 0 Å². The molecular formula is C9H9ClFN. The lowest BCUT2D eigenvalue weighted by atomic mass is 9.90. The third-order valence-corrected chi connectivity index (χ3v) is 2.42. The normalized spacial score (nSPS) is 20.2. The van der Waals surface area contributed by atoms with Gasteiger partial charge in [-0.15, -0.1) is 0 Å².